The lowest BCUT2D eigenvalue weighted by atomic mass is 10.1. The maximum atomic E-state index is 12.3. The lowest BCUT2D eigenvalue weighted by Crippen LogP contribution is -2.26. The van der Waals surface area contributed by atoms with Crippen LogP contribution < -0.4 is 5.32 Å². The second-order valence-corrected chi connectivity index (χ2v) is 6.90. The van der Waals surface area contributed by atoms with Crippen LogP contribution in [0, 0.1) is 11.3 Å². The Balaban J connectivity index is 1.70. The molecule has 0 unspecified atom stereocenters. The third-order valence-electron chi connectivity index (χ3n) is 4.60. The monoisotopic (exact) mass is 368 g/mol. The van der Waals surface area contributed by atoms with Crippen molar-refractivity contribution in [2.24, 2.45) is 0 Å². The zero-order chi connectivity index (χ0) is 19.3. The average Bonchev–Trinajstić information content (AvgIpc) is 3.45. The molecule has 0 aliphatic heterocycles. The molecule has 1 fully saturated rings. The summed E-state index contributed by atoms with van der Waals surface area (Å²) in [4.78, 5) is 12.3. The van der Waals surface area contributed by atoms with Gasteiger partial charge in [0, 0.05) is 23.4 Å². The Bertz CT molecular complexity index is 1040. The van der Waals surface area contributed by atoms with E-state index in [1.165, 1.54) is 0 Å². The van der Waals surface area contributed by atoms with E-state index in [9.17, 15) is 10.1 Å². The molecule has 2 aromatic carbocycles. The normalized spacial score (nSPS) is 13.8. The van der Waals surface area contributed by atoms with Crippen LogP contribution in [0.1, 0.15) is 24.0 Å². The van der Waals surface area contributed by atoms with Crippen molar-refractivity contribution in [3.05, 3.63) is 83.6 Å². The Morgan fingerprint density at radius 2 is 1.82 bits per heavy atom. The SMILES string of the molecule is N#C/C(=C\c1cn(Cc2ccccc2)nc1-c1ccccc1)C(=O)NC1CC1. The molecule has 0 spiro atoms. The lowest BCUT2D eigenvalue weighted by Gasteiger charge is -2.02. The van der Waals surface area contributed by atoms with E-state index in [-0.39, 0.29) is 17.5 Å². The highest BCUT2D eigenvalue weighted by Crippen LogP contribution is 2.25. The molecule has 1 aromatic heterocycles. The zero-order valence-corrected chi connectivity index (χ0v) is 15.4. The van der Waals surface area contributed by atoms with Gasteiger partial charge < -0.3 is 5.32 Å². The van der Waals surface area contributed by atoms with E-state index >= 15 is 0 Å². The Morgan fingerprint density at radius 3 is 2.46 bits per heavy atom. The van der Waals surface area contributed by atoms with E-state index < -0.39 is 0 Å². The Morgan fingerprint density at radius 1 is 1.14 bits per heavy atom. The van der Waals surface area contributed by atoms with Gasteiger partial charge in [-0.3, -0.25) is 9.48 Å². The minimum atomic E-state index is -0.320. The van der Waals surface area contributed by atoms with Gasteiger partial charge in [-0.1, -0.05) is 60.7 Å². The fourth-order valence-electron chi connectivity index (χ4n) is 3.01. The highest BCUT2D eigenvalue weighted by atomic mass is 16.1. The fourth-order valence-corrected chi connectivity index (χ4v) is 3.01. The largest absolute Gasteiger partial charge is 0.349 e. The molecule has 1 aliphatic carbocycles. The number of hydrogen-bond acceptors (Lipinski definition) is 3. The molecular formula is C23H20N4O. The van der Waals surface area contributed by atoms with Crippen LogP contribution in [-0.2, 0) is 11.3 Å². The maximum absolute atomic E-state index is 12.3. The highest BCUT2D eigenvalue weighted by Gasteiger charge is 2.25. The summed E-state index contributed by atoms with van der Waals surface area (Å²) in [5.41, 5.74) is 3.68. The second kappa shape index (κ2) is 7.93. The van der Waals surface area contributed by atoms with Crippen LogP contribution in [0.5, 0.6) is 0 Å². The predicted molar refractivity (Wildman–Crippen MR) is 108 cm³/mol. The minimum Gasteiger partial charge on any atom is -0.349 e. The molecule has 0 bridgehead atoms. The van der Waals surface area contributed by atoms with Gasteiger partial charge >= 0.3 is 0 Å². The number of nitrogens with one attached hydrogen (secondary N) is 1. The van der Waals surface area contributed by atoms with Crippen molar-refractivity contribution in [1.29, 1.82) is 5.26 Å². The number of aromatic nitrogens is 2. The molecule has 138 valence electrons. The van der Waals surface area contributed by atoms with Crippen LogP contribution in [0.2, 0.25) is 0 Å². The van der Waals surface area contributed by atoms with Gasteiger partial charge in [-0.05, 0) is 24.5 Å². The highest BCUT2D eigenvalue weighted by molar-refractivity contribution is 6.02. The Hall–Kier alpha value is -3.65. The summed E-state index contributed by atoms with van der Waals surface area (Å²) in [5.74, 6) is -0.320. The summed E-state index contributed by atoms with van der Waals surface area (Å²) < 4.78 is 1.84. The van der Waals surface area contributed by atoms with Crippen molar-refractivity contribution in [1.82, 2.24) is 15.1 Å². The summed E-state index contributed by atoms with van der Waals surface area (Å²) in [6, 6.07) is 22.1. The average molecular weight is 368 g/mol. The minimum absolute atomic E-state index is 0.100. The number of benzene rings is 2. The molecule has 1 amide bonds. The molecule has 1 saturated carbocycles. The Kier molecular flexibility index (Phi) is 5.03. The molecule has 4 rings (SSSR count). The predicted octanol–water partition coefficient (Wildman–Crippen LogP) is 3.78. The molecule has 0 atom stereocenters. The first-order chi connectivity index (χ1) is 13.7. The lowest BCUT2D eigenvalue weighted by molar-refractivity contribution is -0.117. The standard InChI is InChI=1S/C23H20N4O/c24-14-19(23(28)25-21-11-12-21)13-20-16-27(15-17-7-3-1-4-8-17)26-22(20)18-9-5-2-6-10-18/h1-10,13,16,21H,11-12,15H2,(H,25,28)/b19-13+. The first kappa shape index (κ1) is 17.7. The van der Waals surface area contributed by atoms with Crippen molar-refractivity contribution in [3.63, 3.8) is 0 Å². The quantitative estimate of drug-likeness (QED) is 0.532. The molecular weight excluding hydrogens is 348 g/mol. The maximum Gasteiger partial charge on any atom is 0.262 e. The van der Waals surface area contributed by atoms with E-state index in [4.69, 9.17) is 5.10 Å². The first-order valence-corrected chi connectivity index (χ1v) is 9.32. The summed E-state index contributed by atoms with van der Waals surface area (Å²) in [6.07, 6.45) is 5.48. The van der Waals surface area contributed by atoms with Crippen LogP contribution in [0.25, 0.3) is 17.3 Å². The van der Waals surface area contributed by atoms with Crippen LogP contribution in [0.4, 0.5) is 0 Å². The van der Waals surface area contributed by atoms with Crippen molar-refractivity contribution in [3.8, 4) is 17.3 Å². The molecule has 0 saturated heterocycles. The van der Waals surface area contributed by atoms with E-state index in [0.717, 1.165) is 35.2 Å². The van der Waals surface area contributed by atoms with Gasteiger partial charge in [0.2, 0.25) is 0 Å². The topological polar surface area (TPSA) is 70.7 Å². The van der Waals surface area contributed by atoms with Gasteiger partial charge in [0.1, 0.15) is 11.6 Å². The van der Waals surface area contributed by atoms with Crippen molar-refractivity contribution in [2.45, 2.75) is 25.4 Å². The molecule has 1 heterocycles. The fraction of sp³-hybridized carbons (Fsp3) is 0.174. The number of nitrogens with zero attached hydrogens (tertiary/aromatic N) is 3. The van der Waals surface area contributed by atoms with Gasteiger partial charge in [0.15, 0.2) is 0 Å². The third-order valence-corrected chi connectivity index (χ3v) is 4.60. The molecule has 5 heteroatoms. The number of nitriles is 1. The molecule has 0 radical (unpaired) electrons. The zero-order valence-electron chi connectivity index (χ0n) is 15.4. The van der Waals surface area contributed by atoms with Crippen molar-refractivity contribution >= 4 is 12.0 Å². The van der Waals surface area contributed by atoms with E-state index in [1.807, 2.05) is 77.6 Å². The summed E-state index contributed by atoms with van der Waals surface area (Å²) in [5, 5.41) is 17.1. The second-order valence-electron chi connectivity index (χ2n) is 6.90. The molecule has 1 N–H and O–H groups in total. The third kappa shape index (κ3) is 4.18. The van der Waals surface area contributed by atoms with Crippen LogP contribution in [0.3, 0.4) is 0 Å². The number of carbonyl (C=O) groups is 1. The van der Waals surface area contributed by atoms with Crippen LogP contribution in [0.15, 0.2) is 72.4 Å². The first-order valence-electron chi connectivity index (χ1n) is 9.32. The number of amides is 1. The van der Waals surface area contributed by atoms with E-state index in [1.54, 1.807) is 6.08 Å². The molecule has 3 aromatic rings. The number of hydrogen-bond donors (Lipinski definition) is 1. The summed E-state index contributed by atoms with van der Waals surface area (Å²) in [7, 11) is 0. The molecule has 1 aliphatic rings. The van der Waals surface area contributed by atoms with Crippen LogP contribution in [-0.4, -0.2) is 21.7 Å². The van der Waals surface area contributed by atoms with Gasteiger partial charge in [-0.15, -0.1) is 0 Å². The Labute approximate surface area is 163 Å². The van der Waals surface area contributed by atoms with Gasteiger partial charge in [0.25, 0.3) is 5.91 Å². The van der Waals surface area contributed by atoms with E-state index in [2.05, 4.69) is 5.32 Å². The number of carbonyl (C=O) groups excluding carboxylic acids is 1. The van der Waals surface area contributed by atoms with Gasteiger partial charge in [-0.25, -0.2) is 0 Å². The van der Waals surface area contributed by atoms with Gasteiger partial charge in [0.05, 0.1) is 12.2 Å². The summed E-state index contributed by atoms with van der Waals surface area (Å²) >= 11 is 0. The number of rotatable bonds is 6. The van der Waals surface area contributed by atoms with Crippen molar-refractivity contribution in [2.75, 3.05) is 0 Å². The molecule has 28 heavy (non-hydrogen) atoms. The van der Waals surface area contributed by atoms with Crippen LogP contribution >= 0.6 is 0 Å². The van der Waals surface area contributed by atoms with Crippen molar-refractivity contribution < 1.29 is 4.79 Å². The smallest absolute Gasteiger partial charge is 0.262 e. The molecule has 5 nitrogen and oxygen atoms in total. The van der Waals surface area contributed by atoms with E-state index in [0.29, 0.717) is 6.54 Å². The van der Waals surface area contributed by atoms with Gasteiger partial charge in [-0.2, -0.15) is 10.4 Å². The summed E-state index contributed by atoms with van der Waals surface area (Å²) in [6.45, 7) is 0.616.